The topological polar surface area (TPSA) is 92.2 Å². The summed E-state index contributed by atoms with van der Waals surface area (Å²) >= 11 is 0. The predicted octanol–water partition coefficient (Wildman–Crippen LogP) is 3.20. The van der Waals surface area contributed by atoms with E-state index in [1.165, 1.54) is 7.11 Å². The summed E-state index contributed by atoms with van der Waals surface area (Å²) in [5.41, 5.74) is 0.706. The van der Waals surface area contributed by atoms with E-state index in [0.717, 1.165) is 32.2 Å². The third-order valence-electron chi connectivity index (χ3n) is 4.74. The van der Waals surface area contributed by atoms with Crippen LogP contribution in [0.25, 0.3) is 0 Å². The lowest BCUT2D eigenvalue weighted by Crippen LogP contribution is -2.45. The number of hydrogen-bond donors (Lipinski definition) is 3. The molecule has 8 heteroatoms. The van der Waals surface area contributed by atoms with E-state index in [-0.39, 0.29) is 47.7 Å². The van der Waals surface area contributed by atoms with Gasteiger partial charge in [-0.1, -0.05) is 12.1 Å². The lowest BCUT2D eigenvalue weighted by molar-refractivity contribution is -0.149. The first-order chi connectivity index (χ1) is 13.1. The van der Waals surface area contributed by atoms with Crippen molar-refractivity contribution in [2.75, 3.05) is 20.3 Å². The van der Waals surface area contributed by atoms with E-state index in [9.17, 15) is 9.90 Å². The van der Waals surface area contributed by atoms with Gasteiger partial charge in [-0.3, -0.25) is 4.79 Å². The van der Waals surface area contributed by atoms with Gasteiger partial charge < -0.3 is 25.2 Å². The van der Waals surface area contributed by atoms with Crippen LogP contribution in [0.2, 0.25) is 0 Å². The number of nitrogens with one attached hydrogen (secondary N) is 2. The Morgan fingerprint density at radius 3 is 2.57 bits per heavy atom. The fraction of sp³-hybridized carbons (Fsp3) is 0.600. The molecule has 28 heavy (non-hydrogen) atoms. The Bertz CT molecular complexity index is 646. The summed E-state index contributed by atoms with van der Waals surface area (Å²) in [5.74, 6) is 1.20. The number of carbonyl (C=O) groups excluding carboxylic acids is 1. The molecule has 0 amide bonds. The predicted molar refractivity (Wildman–Crippen MR) is 120 cm³/mol. The number of rotatable bonds is 7. The van der Waals surface area contributed by atoms with E-state index >= 15 is 0 Å². The lowest BCUT2D eigenvalue weighted by atomic mass is 9.86. The molecule has 0 aromatic heterocycles. The minimum absolute atomic E-state index is 0. The normalized spacial score (nSPS) is 19.3. The molecule has 7 nitrogen and oxygen atoms in total. The molecule has 0 heterocycles. The lowest BCUT2D eigenvalue weighted by Gasteiger charge is -2.29. The van der Waals surface area contributed by atoms with Gasteiger partial charge in [0.1, 0.15) is 0 Å². The Kier molecular flexibility index (Phi) is 11.0. The van der Waals surface area contributed by atoms with Crippen LogP contribution in [0.5, 0.6) is 11.5 Å². The van der Waals surface area contributed by atoms with Gasteiger partial charge in [0.15, 0.2) is 17.5 Å². The number of carbonyl (C=O) groups is 1. The van der Waals surface area contributed by atoms with Gasteiger partial charge in [-0.15, -0.1) is 24.0 Å². The number of ether oxygens (including phenoxy) is 2. The fourth-order valence-electron chi connectivity index (χ4n) is 3.27. The molecule has 158 valence electrons. The van der Waals surface area contributed by atoms with Crippen LogP contribution in [-0.4, -0.2) is 43.3 Å². The van der Waals surface area contributed by atoms with Gasteiger partial charge in [0.05, 0.1) is 26.2 Å². The highest BCUT2D eigenvalue weighted by Crippen LogP contribution is 2.30. The number of methoxy groups -OCH3 is 1. The van der Waals surface area contributed by atoms with Crippen LogP contribution in [0.3, 0.4) is 0 Å². The molecule has 0 bridgehead atoms. The highest BCUT2D eigenvalue weighted by Gasteiger charge is 2.27. The van der Waals surface area contributed by atoms with Gasteiger partial charge in [0, 0.05) is 18.2 Å². The number of benzene rings is 1. The summed E-state index contributed by atoms with van der Waals surface area (Å²) in [6.07, 6.45) is 3.45. The first kappa shape index (κ1) is 24.3. The minimum Gasteiger partial charge on any atom is -0.504 e. The van der Waals surface area contributed by atoms with E-state index in [2.05, 4.69) is 15.6 Å². The van der Waals surface area contributed by atoms with E-state index in [1.807, 2.05) is 26.0 Å². The zero-order valence-electron chi connectivity index (χ0n) is 16.9. The first-order valence-corrected chi connectivity index (χ1v) is 9.65. The quantitative estimate of drug-likeness (QED) is 0.228. The maximum atomic E-state index is 11.9. The van der Waals surface area contributed by atoms with E-state index < -0.39 is 0 Å². The summed E-state index contributed by atoms with van der Waals surface area (Å²) in [6.45, 7) is 5.37. The molecule has 0 radical (unpaired) electrons. The number of guanidine groups is 1. The molecule has 1 saturated carbocycles. The van der Waals surface area contributed by atoms with Crippen LogP contribution < -0.4 is 15.4 Å². The molecule has 0 unspecified atom stereocenters. The van der Waals surface area contributed by atoms with Gasteiger partial charge in [0.2, 0.25) is 0 Å². The van der Waals surface area contributed by atoms with Crippen molar-refractivity contribution in [2.45, 2.75) is 52.1 Å². The van der Waals surface area contributed by atoms with Crippen molar-refractivity contribution < 1.29 is 19.4 Å². The number of aromatic hydroxyl groups is 1. The van der Waals surface area contributed by atoms with E-state index in [1.54, 1.807) is 6.07 Å². The zero-order valence-corrected chi connectivity index (χ0v) is 19.2. The summed E-state index contributed by atoms with van der Waals surface area (Å²) in [7, 11) is 1.53. The van der Waals surface area contributed by atoms with E-state index in [0.29, 0.717) is 30.4 Å². The van der Waals surface area contributed by atoms with Crippen molar-refractivity contribution >= 4 is 35.9 Å². The number of aliphatic imine (C=N–C) groups is 1. The monoisotopic (exact) mass is 505 g/mol. The zero-order chi connectivity index (χ0) is 19.6. The summed E-state index contributed by atoms with van der Waals surface area (Å²) in [6, 6.07) is 5.65. The smallest absolute Gasteiger partial charge is 0.308 e. The molecule has 2 rings (SSSR count). The van der Waals surface area contributed by atoms with Crippen molar-refractivity contribution in [3.05, 3.63) is 23.8 Å². The van der Waals surface area contributed by atoms with Gasteiger partial charge in [-0.25, -0.2) is 4.99 Å². The average Bonchev–Trinajstić information content (AvgIpc) is 2.68. The highest BCUT2D eigenvalue weighted by molar-refractivity contribution is 14.0. The van der Waals surface area contributed by atoms with Crippen molar-refractivity contribution in [1.29, 1.82) is 0 Å². The second-order valence-electron chi connectivity index (χ2n) is 6.61. The number of phenols is 1. The molecule has 1 aliphatic rings. The van der Waals surface area contributed by atoms with Crippen LogP contribution in [0.1, 0.15) is 45.1 Å². The molecular weight excluding hydrogens is 473 g/mol. The Balaban J connectivity index is 0.00000392. The molecule has 3 N–H and O–H groups in total. The van der Waals surface area contributed by atoms with Crippen LogP contribution >= 0.6 is 24.0 Å². The maximum Gasteiger partial charge on any atom is 0.308 e. The number of phenolic OH excluding ortho intramolecular Hbond substituents is 1. The number of esters is 1. The molecule has 1 aromatic carbocycles. The van der Waals surface area contributed by atoms with Gasteiger partial charge in [-0.05, 0) is 45.6 Å². The first-order valence-electron chi connectivity index (χ1n) is 9.65. The second-order valence-corrected chi connectivity index (χ2v) is 6.61. The third-order valence-corrected chi connectivity index (χ3v) is 4.74. The number of para-hydroxylation sites is 1. The van der Waals surface area contributed by atoms with Crippen molar-refractivity contribution in [3.63, 3.8) is 0 Å². The van der Waals surface area contributed by atoms with Crippen molar-refractivity contribution in [1.82, 2.24) is 10.6 Å². The Labute approximate surface area is 184 Å². The van der Waals surface area contributed by atoms with Crippen molar-refractivity contribution in [2.24, 2.45) is 10.9 Å². The third kappa shape index (κ3) is 7.03. The van der Waals surface area contributed by atoms with Crippen LogP contribution in [0.4, 0.5) is 0 Å². The largest absolute Gasteiger partial charge is 0.504 e. The molecule has 0 saturated heterocycles. The van der Waals surface area contributed by atoms with Crippen LogP contribution in [0, 0.1) is 5.92 Å². The highest BCUT2D eigenvalue weighted by atomic mass is 127. The van der Waals surface area contributed by atoms with Gasteiger partial charge in [0.25, 0.3) is 0 Å². The molecule has 1 fully saturated rings. The van der Waals surface area contributed by atoms with Crippen LogP contribution in [-0.2, 0) is 16.1 Å². The Morgan fingerprint density at radius 1 is 1.25 bits per heavy atom. The molecule has 0 atom stereocenters. The standard InChI is InChI=1S/C20H31N3O4.HI/c1-4-21-20(22-13-15-7-6-8-17(26-3)18(15)24)23-16-11-9-14(10-12-16)19(25)27-5-2;/h6-8,14,16,24H,4-5,9-13H2,1-3H3,(H2,21,22,23);1H. The second kappa shape index (κ2) is 12.7. The summed E-state index contributed by atoms with van der Waals surface area (Å²) < 4.78 is 10.3. The maximum absolute atomic E-state index is 11.9. The minimum atomic E-state index is -0.0787. The average molecular weight is 505 g/mol. The Hall–Kier alpha value is -1.71. The van der Waals surface area contributed by atoms with Crippen LogP contribution in [0.15, 0.2) is 23.2 Å². The number of nitrogens with zero attached hydrogens (tertiary/aromatic N) is 1. The molecule has 0 aliphatic heterocycles. The molecular formula is C20H32IN3O4. The SMILES string of the molecule is CCNC(=NCc1cccc(OC)c1O)NC1CCC(C(=O)OCC)CC1.I. The summed E-state index contributed by atoms with van der Waals surface area (Å²) in [5, 5.41) is 16.9. The number of halogens is 1. The van der Waals surface area contributed by atoms with Crippen molar-refractivity contribution in [3.8, 4) is 11.5 Å². The fourth-order valence-corrected chi connectivity index (χ4v) is 3.27. The number of hydrogen-bond acceptors (Lipinski definition) is 5. The van der Waals surface area contributed by atoms with Gasteiger partial charge in [-0.2, -0.15) is 0 Å². The molecule has 0 spiro atoms. The van der Waals surface area contributed by atoms with Gasteiger partial charge >= 0.3 is 5.97 Å². The molecule has 1 aliphatic carbocycles. The molecule has 1 aromatic rings. The van der Waals surface area contributed by atoms with E-state index in [4.69, 9.17) is 9.47 Å². The Morgan fingerprint density at radius 2 is 1.96 bits per heavy atom. The summed E-state index contributed by atoms with van der Waals surface area (Å²) in [4.78, 5) is 16.4.